The molecule has 8 nitrogen and oxygen atoms in total. The number of halogens is 1. The van der Waals surface area contributed by atoms with Crippen molar-refractivity contribution in [2.75, 3.05) is 4.90 Å². The molecule has 0 unspecified atom stereocenters. The quantitative estimate of drug-likeness (QED) is 0.570. The Bertz CT molecular complexity index is 1240. The Morgan fingerprint density at radius 1 is 1.15 bits per heavy atom. The Hall–Kier alpha value is -3.16. The molecule has 10 heteroatoms. The molecule has 3 fully saturated rings. The van der Waals surface area contributed by atoms with Crippen LogP contribution in [0.4, 0.5) is 10.3 Å². The Morgan fingerprint density at radius 2 is 2.03 bits per heavy atom. The monoisotopic (exact) mass is 477 g/mol. The highest BCUT2D eigenvalue weighted by Crippen LogP contribution is 2.39. The summed E-state index contributed by atoms with van der Waals surface area (Å²) in [4.78, 5) is 11.5. The van der Waals surface area contributed by atoms with E-state index in [0.29, 0.717) is 28.3 Å². The highest BCUT2D eigenvalue weighted by Gasteiger charge is 2.47. The van der Waals surface area contributed by atoms with Crippen LogP contribution in [0, 0.1) is 11.3 Å². The van der Waals surface area contributed by atoms with E-state index >= 15 is 4.39 Å². The third-order valence-corrected chi connectivity index (χ3v) is 7.98. The molecule has 1 aliphatic carbocycles. The van der Waals surface area contributed by atoms with E-state index in [1.54, 1.807) is 24.5 Å². The number of phenols is 1. The minimum atomic E-state index is -0.953. The maximum atomic E-state index is 15.4. The lowest BCUT2D eigenvalue weighted by Gasteiger charge is -2.46. The van der Waals surface area contributed by atoms with Crippen molar-refractivity contribution >= 4 is 17.3 Å². The second-order valence-electron chi connectivity index (χ2n) is 9.30. The molecule has 3 aromatic rings. The molecular formula is C24H24FN7OS. The molecular weight excluding hydrogens is 453 g/mol. The van der Waals surface area contributed by atoms with Gasteiger partial charge in [-0.25, -0.2) is 14.4 Å². The number of rotatable bonds is 5. The standard InChI is InChI=1S/C24H24FN7OS/c25-23-17-3-1-2-14(29-17)9-19(23)32(15-5-6-15)24-28-11-18(30-31-24)16-7-4-13(8-20(16)33)21-12-27-22(10-26)34-21/h4,7-8,11-12,14-15,17,19,23,29,33H,1-3,5-6,9H2/t14-,17-,19-,23+/m0/s1. The first-order valence-corrected chi connectivity index (χ1v) is 12.5. The normalized spacial score (nSPS) is 26.1. The van der Waals surface area contributed by atoms with E-state index in [4.69, 9.17) is 5.26 Å². The van der Waals surface area contributed by atoms with Crippen molar-refractivity contribution < 1.29 is 9.50 Å². The molecule has 3 aliphatic rings. The summed E-state index contributed by atoms with van der Waals surface area (Å²) in [5, 5.41) is 32.2. The van der Waals surface area contributed by atoms with Gasteiger partial charge in [-0.3, -0.25) is 0 Å². The number of hydrogen-bond donors (Lipinski definition) is 2. The van der Waals surface area contributed by atoms with Crippen LogP contribution < -0.4 is 10.2 Å². The van der Waals surface area contributed by atoms with Crippen LogP contribution in [0.25, 0.3) is 21.7 Å². The van der Waals surface area contributed by atoms with Crippen molar-refractivity contribution in [3.63, 3.8) is 0 Å². The highest BCUT2D eigenvalue weighted by atomic mass is 32.1. The molecule has 0 radical (unpaired) electrons. The predicted molar refractivity (Wildman–Crippen MR) is 126 cm³/mol. The molecule has 174 valence electrons. The Labute approximate surface area is 200 Å². The summed E-state index contributed by atoms with van der Waals surface area (Å²) in [5.74, 6) is 0.506. The van der Waals surface area contributed by atoms with E-state index in [2.05, 4.69) is 30.4 Å². The molecule has 4 heterocycles. The molecule has 1 saturated carbocycles. The summed E-state index contributed by atoms with van der Waals surface area (Å²) >= 11 is 1.27. The number of anilines is 1. The Morgan fingerprint density at radius 3 is 2.74 bits per heavy atom. The molecule has 2 aliphatic heterocycles. The van der Waals surface area contributed by atoms with Gasteiger partial charge in [-0.15, -0.1) is 21.5 Å². The molecule has 1 aromatic carbocycles. The van der Waals surface area contributed by atoms with Crippen molar-refractivity contribution in [3.05, 3.63) is 35.6 Å². The van der Waals surface area contributed by atoms with Crippen LogP contribution in [-0.2, 0) is 0 Å². The number of piperidine rings is 2. The summed E-state index contributed by atoms with van der Waals surface area (Å²) in [6, 6.07) is 7.53. The molecule has 34 heavy (non-hydrogen) atoms. The van der Waals surface area contributed by atoms with E-state index in [0.717, 1.165) is 49.0 Å². The number of nitrogens with one attached hydrogen (secondary N) is 1. The van der Waals surface area contributed by atoms with Crippen LogP contribution in [0.3, 0.4) is 0 Å². The molecule has 2 aromatic heterocycles. The average molecular weight is 478 g/mol. The number of hydrogen-bond acceptors (Lipinski definition) is 9. The largest absolute Gasteiger partial charge is 0.507 e. The number of phenolic OH excluding ortho intramolecular Hbond substituents is 1. The maximum absolute atomic E-state index is 15.4. The van der Waals surface area contributed by atoms with Crippen LogP contribution in [-0.4, -0.2) is 55.6 Å². The average Bonchev–Trinajstić information content (AvgIpc) is 3.57. The van der Waals surface area contributed by atoms with Crippen LogP contribution in [0.1, 0.15) is 43.5 Å². The van der Waals surface area contributed by atoms with Crippen molar-refractivity contribution in [1.82, 2.24) is 25.5 Å². The van der Waals surface area contributed by atoms with Crippen molar-refractivity contribution in [3.8, 4) is 33.5 Å². The highest BCUT2D eigenvalue weighted by molar-refractivity contribution is 7.15. The number of aromatic nitrogens is 4. The van der Waals surface area contributed by atoms with E-state index in [1.165, 1.54) is 11.3 Å². The molecule has 4 atom stereocenters. The fourth-order valence-corrected chi connectivity index (χ4v) is 5.96. The van der Waals surface area contributed by atoms with Gasteiger partial charge in [-0.2, -0.15) is 5.26 Å². The van der Waals surface area contributed by atoms with Gasteiger partial charge >= 0.3 is 0 Å². The number of aromatic hydroxyl groups is 1. The SMILES string of the molecule is N#Cc1ncc(-c2ccc(-c3cnc(N(C4CC4)[C@H]4C[C@@H]5CCC[C@H](N5)[C@H]4F)nn3)c(O)c2)s1. The minimum absolute atomic E-state index is 0.0438. The summed E-state index contributed by atoms with van der Waals surface area (Å²) < 4.78 is 15.4. The van der Waals surface area contributed by atoms with E-state index in [9.17, 15) is 5.11 Å². The second-order valence-corrected chi connectivity index (χ2v) is 10.3. The van der Waals surface area contributed by atoms with E-state index in [-0.39, 0.29) is 23.9 Å². The first-order chi connectivity index (χ1) is 16.6. The number of thiazole rings is 1. The fraction of sp³-hybridized carbons (Fsp3) is 0.458. The fourth-order valence-electron chi connectivity index (χ4n) is 5.25. The number of benzene rings is 1. The molecule has 2 N–H and O–H groups in total. The molecule has 0 amide bonds. The first-order valence-electron chi connectivity index (χ1n) is 11.7. The van der Waals surface area contributed by atoms with Crippen LogP contribution in [0.5, 0.6) is 5.75 Å². The zero-order valence-corrected chi connectivity index (χ0v) is 19.2. The van der Waals surface area contributed by atoms with Gasteiger partial charge in [0, 0.05) is 29.9 Å². The summed E-state index contributed by atoms with van der Waals surface area (Å²) in [7, 11) is 0. The van der Waals surface area contributed by atoms with Gasteiger partial charge in [-0.05, 0) is 49.8 Å². The predicted octanol–water partition coefficient (Wildman–Crippen LogP) is 3.83. The molecule has 2 bridgehead atoms. The van der Waals surface area contributed by atoms with Gasteiger partial charge < -0.3 is 15.3 Å². The molecule has 0 spiro atoms. The van der Waals surface area contributed by atoms with Gasteiger partial charge in [0.25, 0.3) is 0 Å². The lowest BCUT2D eigenvalue weighted by molar-refractivity contribution is 0.103. The van der Waals surface area contributed by atoms with Crippen molar-refractivity contribution in [2.45, 2.75) is 68.9 Å². The molecule has 6 rings (SSSR count). The zero-order chi connectivity index (χ0) is 23.2. The summed E-state index contributed by atoms with van der Waals surface area (Å²) in [5.41, 5.74) is 1.73. The van der Waals surface area contributed by atoms with Crippen molar-refractivity contribution in [1.29, 1.82) is 5.26 Å². The number of nitrogens with zero attached hydrogens (tertiary/aromatic N) is 6. The van der Waals surface area contributed by atoms with E-state index in [1.807, 2.05) is 12.1 Å². The van der Waals surface area contributed by atoms with Crippen molar-refractivity contribution in [2.24, 2.45) is 0 Å². The van der Waals surface area contributed by atoms with Gasteiger partial charge in [0.1, 0.15) is 23.7 Å². The van der Waals surface area contributed by atoms with Gasteiger partial charge in [0.2, 0.25) is 5.95 Å². The third kappa shape index (κ3) is 3.89. The minimum Gasteiger partial charge on any atom is -0.507 e. The second kappa shape index (κ2) is 8.56. The smallest absolute Gasteiger partial charge is 0.245 e. The topological polar surface area (TPSA) is 111 Å². The Balaban J connectivity index is 1.25. The number of nitriles is 1. The first kappa shape index (κ1) is 21.4. The summed E-state index contributed by atoms with van der Waals surface area (Å²) in [6.45, 7) is 0. The maximum Gasteiger partial charge on any atom is 0.245 e. The number of alkyl halides is 1. The van der Waals surface area contributed by atoms with E-state index < -0.39 is 6.17 Å². The lowest BCUT2D eigenvalue weighted by atomic mass is 9.82. The van der Waals surface area contributed by atoms with Gasteiger partial charge in [0.15, 0.2) is 5.01 Å². The lowest BCUT2D eigenvalue weighted by Crippen LogP contribution is -2.62. The molecule has 2 saturated heterocycles. The van der Waals surface area contributed by atoms with Crippen LogP contribution >= 0.6 is 11.3 Å². The van der Waals surface area contributed by atoms with Gasteiger partial charge in [0.05, 0.1) is 17.1 Å². The number of fused-ring (bicyclic) bond motifs is 2. The zero-order valence-electron chi connectivity index (χ0n) is 18.4. The Kier molecular flexibility index (Phi) is 5.38. The van der Waals surface area contributed by atoms with Gasteiger partial charge in [-0.1, -0.05) is 12.5 Å². The van der Waals surface area contributed by atoms with Crippen LogP contribution in [0.2, 0.25) is 0 Å². The summed E-state index contributed by atoms with van der Waals surface area (Å²) in [6.07, 6.45) is 8.10. The van der Waals surface area contributed by atoms with Crippen LogP contribution in [0.15, 0.2) is 30.6 Å². The third-order valence-electron chi connectivity index (χ3n) is 7.03.